The predicted octanol–water partition coefficient (Wildman–Crippen LogP) is -7.11. The zero-order valence-electron chi connectivity index (χ0n) is 6.99. The van der Waals surface area contributed by atoms with Crippen molar-refractivity contribution in [3.63, 3.8) is 0 Å². The second-order valence-corrected chi connectivity index (χ2v) is 3.20. The standard InChI is InChI=1S/C4H9O4P.2Na/c1-2-4(5)3-9(6,7)8;;/h2-3H2,1H3,(H2,6,7,8);;/q;2*+1/p-2. The van der Waals surface area contributed by atoms with Gasteiger partial charge in [-0.25, -0.2) is 0 Å². The van der Waals surface area contributed by atoms with Crippen LogP contribution in [0.5, 0.6) is 0 Å². The van der Waals surface area contributed by atoms with Crippen molar-refractivity contribution in [2.45, 2.75) is 13.3 Å². The summed E-state index contributed by atoms with van der Waals surface area (Å²) in [5.41, 5.74) is 0. The maximum absolute atomic E-state index is 10.3. The van der Waals surface area contributed by atoms with Gasteiger partial charge in [0.1, 0.15) is 5.78 Å². The smallest absolute Gasteiger partial charge is 0.810 e. The molecule has 0 aliphatic rings. The van der Waals surface area contributed by atoms with Gasteiger partial charge in [-0.2, -0.15) is 0 Å². The molecule has 0 fully saturated rings. The van der Waals surface area contributed by atoms with Gasteiger partial charge in [0.05, 0.1) is 0 Å². The van der Waals surface area contributed by atoms with E-state index in [1.807, 2.05) is 0 Å². The van der Waals surface area contributed by atoms with Gasteiger partial charge < -0.3 is 14.4 Å². The summed E-state index contributed by atoms with van der Waals surface area (Å²) in [6.07, 6.45) is -0.738. The molecule has 0 aliphatic carbocycles. The Hall–Kier alpha value is 1.82. The van der Waals surface area contributed by atoms with Gasteiger partial charge in [-0.3, -0.25) is 4.79 Å². The van der Waals surface area contributed by atoms with E-state index in [2.05, 4.69) is 0 Å². The molecule has 0 aromatic carbocycles. The Bertz CT molecular complexity index is 154. The molecule has 0 radical (unpaired) electrons. The Labute approximate surface area is 110 Å². The first-order chi connectivity index (χ1) is 3.95. The third-order valence-electron chi connectivity index (χ3n) is 0.764. The molecule has 0 saturated heterocycles. The van der Waals surface area contributed by atoms with Crippen molar-refractivity contribution in [3.8, 4) is 0 Å². The van der Waals surface area contributed by atoms with Crippen LogP contribution in [0.4, 0.5) is 0 Å². The van der Waals surface area contributed by atoms with Gasteiger partial charge in [-0.05, 0) is 0 Å². The van der Waals surface area contributed by atoms with Gasteiger partial charge in [0, 0.05) is 12.6 Å². The fourth-order valence-electron chi connectivity index (χ4n) is 0.328. The molecule has 0 heterocycles. The molecule has 0 spiro atoms. The zero-order chi connectivity index (χ0) is 7.49. The van der Waals surface area contributed by atoms with Crippen molar-refractivity contribution >= 4 is 13.4 Å². The molecule has 0 aliphatic heterocycles. The van der Waals surface area contributed by atoms with Crippen molar-refractivity contribution in [1.29, 1.82) is 0 Å². The van der Waals surface area contributed by atoms with Gasteiger partial charge in [0.15, 0.2) is 0 Å². The van der Waals surface area contributed by atoms with E-state index in [-0.39, 0.29) is 65.5 Å². The first kappa shape index (κ1) is 18.6. The molecule has 11 heavy (non-hydrogen) atoms. The van der Waals surface area contributed by atoms with Gasteiger partial charge in [-0.1, -0.05) is 14.5 Å². The van der Waals surface area contributed by atoms with E-state index < -0.39 is 19.5 Å². The third kappa shape index (κ3) is 14.7. The van der Waals surface area contributed by atoms with Crippen molar-refractivity contribution in [3.05, 3.63) is 0 Å². The maximum atomic E-state index is 10.3. The van der Waals surface area contributed by atoms with Crippen molar-refractivity contribution in [1.82, 2.24) is 0 Å². The van der Waals surface area contributed by atoms with Gasteiger partial charge in [0.2, 0.25) is 0 Å². The van der Waals surface area contributed by atoms with Gasteiger partial charge >= 0.3 is 59.1 Å². The second-order valence-electron chi connectivity index (χ2n) is 1.66. The van der Waals surface area contributed by atoms with E-state index in [0.29, 0.717) is 0 Å². The summed E-state index contributed by atoms with van der Waals surface area (Å²) < 4.78 is 9.85. The first-order valence-corrected chi connectivity index (χ1v) is 4.21. The molecule has 0 amide bonds. The quantitative estimate of drug-likeness (QED) is 0.332. The number of hydrogen-bond donors (Lipinski definition) is 0. The molecular weight excluding hydrogens is 189 g/mol. The molecule has 0 aromatic heterocycles. The van der Waals surface area contributed by atoms with Crippen molar-refractivity contribution in [2.24, 2.45) is 0 Å². The first-order valence-electron chi connectivity index (χ1n) is 2.48. The van der Waals surface area contributed by atoms with Crippen LogP contribution in [0.3, 0.4) is 0 Å². The normalized spacial score (nSPS) is 9.36. The summed E-state index contributed by atoms with van der Waals surface area (Å²) in [6.45, 7) is 1.51. The molecular formula is C4H7Na2O4P. The van der Waals surface area contributed by atoms with Crippen LogP contribution in [-0.2, 0) is 9.36 Å². The summed E-state index contributed by atoms with van der Waals surface area (Å²) in [5.74, 6) is -0.525. The number of Topliss-reactive ketones (excluding diaryl/α,β-unsaturated/α-hetero) is 1. The minimum absolute atomic E-state index is 0. The Morgan fingerprint density at radius 2 is 1.73 bits per heavy atom. The SMILES string of the molecule is CCC(=O)CP(=O)([O-])[O-].[Na+].[Na+]. The number of hydrogen-bond acceptors (Lipinski definition) is 4. The minimum Gasteiger partial charge on any atom is -0.810 e. The van der Waals surface area contributed by atoms with E-state index >= 15 is 0 Å². The Balaban J connectivity index is -0.000000320. The fraction of sp³-hybridized carbons (Fsp3) is 0.750. The van der Waals surface area contributed by atoms with Crippen LogP contribution >= 0.6 is 7.60 Å². The summed E-state index contributed by atoms with van der Waals surface area (Å²) >= 11 is 0. The molecule has 54 valence electrons. The van der Waals surface area contributed by atoms with Crippen LogP contribution in [0, 0.1) is 0 Å². The van der Waals surface area contributed by atoms with Crippen molar-refractivity contribution < 1.29 is 78.3 Å². The fourth-order valence-corrected chi connectivity index (χ4v) is 0.983. The molecule has 0 aromatic rings. The number of carbonyl (C=O) groups is 1. The Kier molecular flexibility index (Phi) is 14.2. The van der Waals surface area contributed by atoms with Crippen LogP contribution in [0.25, 0.3) is 0 Å². The number of rotatable bonds is 3. The van der Waals surface area contributed by atoms with E-state index in [1.165, 1.54) is 6.92 Å². The molecule has 0 bridgehead atoms. The monoisotopic (exact) mass is 196 g/mol. The molecule has 0 rings (SSSR count). The van der Waals surface area contributed by atoms with Crippen LogP contribution in [0.1, 0.15) is 13.3 Å². The van der Waals surface area contributed by atoms with E-state index in [1.54, 1.807) is 0 Å². The topological polar surface area (TPSA) is 80.3 Å². The second kappa shape index (κ2) is 8.42. The number of ketones is 1. The zero-order valence-corrected chi connectivity index (χ0v) is 11.9. The largest absolute Gasteiger partial charge is 1.00 e. The van der Waals surface area contributed by atoms with Crippen LogP contribution in [0.2, 0.25) is 0 Å². The average molecular weight is 196 g/mol. The summed E-state index contributed by atoms with van der Waals surface area (Å²) in [4.78, 5) is 30.0. The Morgan fingerprint density at radius 3 is 1.82 bits per heavy atom. The summed E-state index contributed by atoms with van der Waals surface area (Å²) in [5, 5.41) is 0. The Morgan fingerprint density at radius 1 is 1.36 bits per heavy atom. The van der Waals surface area contributed by atoms with E-state index in [4.69, 9.17) is 0 Å². The van der Waals surface area contributed by atoms with E-state index in [0.717, 1.165) is 0 Å². The van der Waals surface area contributed by atoms with Crippen LogP contribution < -0.4 is 68.9 Å². The number of carbonyl (C=O) groups excluding carboxylic acids is 1. The maximum Gasteiger partial charge on any atom is 1.00 e. The molecule has 7 heteroatoms. The summed E-state index contributed by atoms with van der Waals surface area (Å²) in [7, 11) is -4.59. The van der Waals surface area contributed by atoms with Crippen LogP contribution in [-0.4, -0.2) is 11.9 Å². The molecule has 4 nitrogen and oxygen atoms in total. The van der Waals surface area contributed by atoms with Gasteiger partial charge in [-0.15, -0.1) is 0 Å². The molecule has 0 saturated carbocycles. The average Bonchev–Trinajstić information content (AvgIpc) is 1.62. The minimum atomic E-state index is -4.59. The summed E-state index contributed by atoms with van der Waals surface area (Å²) in [6, 6.07) is 0. The van der Waals surface area contributed by atoms with E-state index in [9.17, 15) is 19.1 Å². The van der Waals surface area contributed by atoms with Crippen LogP contribution in [0.15, 0.2) is 0 Å². The molecule has 0 N–H and O–H groups in total. The molecule has 0 unspecified atom stereocenters. The van der Waals surface area contributed by atoms with Gasteiger partial charge in [0.25, 0.3) is 0 Å². The third-order valence-corrected chi connectivity index (χ3v) is 1.50. The predicted molar refractivity (Wildman–Crippen MR) is 27.8 cm³/mol. The van der Waals surface area contributed by atoms with Crippen molar-refractivity contribution in [2.75, 3.05) is 6.16 Å². The molecule has 0 atom stereocenters.